The van der Waals surface area contributed by atoms with E-state index in [1.807, 2.05) is 0 Å². The van der Waals surface area contributed by atoms with Gasteiger partial charge in [-0.1, -0.05) is 0 Å². The summed E-state index contributed by atoms with van der Waals surface area (Å²) in [5, 5.41) is 6.70. The van der Waals surface area contributed by atoms with Gasteiger partial charge < -0.3 is 22.1 Å². The largest absolute Gasteiger partial charge is 0.397 e. The molecule has 0 aliphatic carbocycles. The third kappa shape index (κ3) is 3.47. The quantitative estimate of drug-likeness (QED) is 0.532. The van der Waals surface area contributed by atoms with E-state index in [1.54, 1.807) is 11.4 Å². The molecule has 0 spiro atoms. The first-order valence-corrected chi connectivity index (χ1v) is 5.13. The highest BCUT2D eigenvalue weighted by atomic mass is 32.1. The Morgan fingerprint density at radius 2 is 2.00 bits per heavy atom. The zero-order chi connectivity index (χ0) is 11.3. The molecule has 0 atom stereocenters. The summed E-state index contributed by atoms with van der Waals surface area (Å²) in [6, 6.07) is 1.06. The molecule has 3 amide bonds. The van der Waals surface area contributed by atoms with Crippen LogP contribution in [0.4, 0.5) is 10.5 Å². The Kier molecular flexibility index (Phi) is 3.92. The van der Waals surface area contributed by atoms with Gasteiger partial charge in [0, 0.05) is 13.1 Å². The molecule has 0 aromatic carbocycles. The number of hydrogen-bond acceptors (Lipinski definition) is 4. The summed E-state index contributed by atoms with van der Waals surface area (Å²) in [5.74, 6) is -0.242. The molecule has 0 bridgehead atoms. The van der Waals surface area contributed by atoms with Crippen LogP contribution in [0.25, 0.3) is 0 Å². The van der Waals surface area contributed by atoms with Crippen LogP contribution in [0.5, 0.6) is 0 Å². The number of primary amides is 1. The Hall–Kier alpha value is -1.76. The van der Waals surface area contributed by atoms with Gasteiger partial charge in [0.05, 0.1) is 5.69 Å². The molecule has 1 rings (SSSR count). The van der Waals surface area contributed by atoms with Gasteiger partial charge in [-0.25, -0.2) is 4.79 Å². The van der Waals surface area contributed by atoms with Gasteiger partial charge in [0.15, 0.2) is 0 Å². The maximum absolute atomic E-state index is 11.4. The number of carbonyl (C=O) groups is 2. The minimum atomic E-state index is -0.611. The molecule has 0 aliphatic heterocycles. The van der Waals surface area contributed by atoms with E-state index in [0.29, 0.717) is 23.7 Å². The monoisotopic (exact) mass is 228 g/mol. The number of nitrogens with two attached hydrogens (primary N) is 2. The Morgan fingerprint density at radius 1 is 1.33 bits per heavy atom. The van der Waals surface area contributed by atoms with Crippen LogP contribution in [0.1, 0.15) is 9.67 Å². The molecular weight excluding hydrogens is 216 g/mol. The van der Waals surface area contributed by atoms with Gasteiger partial charge in [0.25, 0.3) is 5.91 Å². The average Bonchev–Trinajstić information content (AvgIpc) is 2.58. The zero-order valence-electron chi connectivity index (χ0n) is 7.95. The second-order valence-corrected chi connectivity index (χ2v) is 3.67. The molecule has 0 saturated heterocycles. The third-order valence-electron chi connectivity index (χ3n) is 1.61. The van der Waals surface area contributed by atoms with Crippen molar-refractivity contribution in [2.75, 3.05) is 18.8 Å². The van der Waals surface area contributed by atoms with E-state index in [4.69, 9.17) is 11.5 Å². The number of carbonyl (C=O) groups excluding carboxylic acids is 2. The molecule has 6 N–H and O–H groups in total. The molecule has 15 heavy (non-hydrogen) atoms. The highest BCUT2D eigenvalue weighted by Gasteiger charge is 2.09. The molecule has 82 valence electrons. The molecule has 6 nitrogen and oxygen atoms in total. The maximum Gasteiger partial charge on any atom is 0.312 e. The molecular formula is C8H12N4O2S. The van der Waals surface area contributed by atoms with Crippen molar-refractivity contribution in [3.8, 4) is 0 Å². The van der Waals surface area contributed by atoms with Crippen LogP contribution in [0.2, 0.25) is 0 Å². The topological polar surface area (TPSA) is 110 Å². The summed E-state index contributed by atoms with van der Waals surface area (Å²) in [7, 11) is 0. The minimum absolute atomic E-state index is 0.242. The number of thiophene rings is 1. The number of nitrogens with one attached hydrogen (secondary N) is 2. The summed E-state index contributed by atoms with van der Waals surface area (Å²) >= 11 is 1.27. The summed E-state index contributed by atoms with van der Waals surface area (Å²) in [4.78, 5) is 22.2. The summed E-state index contributed by atoms with van der Waals surface area (Å²) in [5.41, 5.74) is 10.9. The van der Waals surface area contributed by atoms with Gasteiger partial charge >= 0.3 is 6.03 Å². The number of nitrogen functional groups attached to an aromatic ring is 1. The number of urea groups is 1. The molecule has 1 aromatic heterocycles. The lowest BCUT2D eigenvalue weighted by atomic mass is 10.4. The van der Waals surface area contributed by atoms with Gasteiger partial charge in [0.1, 0.15) is 4.88 Å². The predicted octanol–water partition coefficient (Wildman–Crippen LogP) is -0.272. The van der Waals surface area contributed by atoms with E-state index in [1.165, 1.54) is 11.3 Å². The van der Waals surface area contributed by atoms with Crippen molar-refractivity contribution in [2.24, 2.45) is 5.73 Å². The summed E-state index contributed by atoms with van der Waals surface area (Å²) in [6.07, 6.45) is 0. The van der Waals surface area contributed by atoms with E-state index in [9.17, 15) is 9.59 Å². The Balaban J connectivity index is 2.31. The lowest BCUT2D eigenvalue weighted by molar-refractivity contribution is 0.0958. The Bertz CT molecular complexity index is 363. The van der Waals surface area contributed by atoms with Crippen molar-refractivity contribution in [1.29, 1.82) is 0 Å². The fraction of sp³-hybridized carbons (Fsp3) is 0.250. The van der Waals surface area contributed by atoms with E-state index < -0.39 is 6.03 Å². The number of rotatable bonds is 4. The standard InChI is InChI=1S/C8H12N4O2S/c9-5-1-4-15-6(5)7(13)11-2-3-12-8(10)14/h1,4H,2-3,9H2,(H,11,13)(H3,10,12,14). The van der Waals surface area contributed by atoms with Crippen LogP contribution in [-0.4, -0.2) is 25.0 Å². The lowest BCUT2D eigenvalue weighted by Gasteiger charge is -2.04. The van der Waals surface area contributed by atoms with Crippen LogP contribution in [-0.2, 0) is 0 Å². The van der Waals surface area contributed by atoms with Crippen LogP contribution >= 0.6 is 11.3 Å². The Labute approximate surface area is 90.6 Å². The molecule has 0 radical (unpaired) electrons. The van der Waals surface area contributed by atoms with Gasteiger partial charge in [-0.15, -0.1) is 11.3 Å². The first kappa shape index (κ1) is 11.3. The summed E-state index contributed by atoms with van der Waals surface area (Å²) in [6.45, 7) is 0.617. The first-order valence-electron chi connectivity index (χ1n) is 4.25. The Morgan fingerprint density at radius 3 is 2.53 bits per heavy atom. The molecule has 0 saturated carbocycles. The van der Waals surface area contributed by atoms with E-state index >= 15 is 0 Å². The number of amides is 3. The molecule has 0 fully saturated rings. The molecule has 1 heterocycles. The molecule has 0 aliphatic rings. The summed E-state index contributed by atoms with van der Waals surface area (Å²) < 4.78 is 0. The van der Waals surface area contributed by atoms with Crippen molar-refractivity contribution in [3.05, 3.63) is 16.3 Å². The smallest absolute Gasteiger partial charge is 0.312 e. The highest BCUT2D eigenvalue weighted by molar-refractivity contribution is 7.12. The average molecular weight is 228 g/mol. The first-order chi connectivity index (χ1) is 7.11. The van der Waals surface area contributed by atoms with Gasteiger partial charge in [0.2, 0.25) is 0 Å². The van der Waals surface area contributed by atoms with Crippen molar-refractivity contribution in [3.63, 3.8) is 0 Å². The predicted molar refractivity (Wildman–Crippen MR) is 58.7 cm³/mol. The molecule has 1 aromatic rings. The normalized spacial score (nSPS) is 9.60. The van der Waals surface area contributed by atoms with Crippen molar-refractivity contribution < 1.29 is 9.59 Å². The zero-order valence-corrected chi connectivity index (χ0v) is 8.76. The van der Waals surface area contributed by atoms with Crippen LogP contribution in [0.3, 0.4) is 0 Å². The third-order valence-corrected chi connectivity index (χ3v) is 2.54. The van der Waals surface area contributed by atoms with E-state index in [0.717, 1.165) is 0 Å². The minimum Gasteiger partial charge on any atom is -0.397 e. The molecule has 0 unspecified atom stereocenters. The van der Waals surface area contributed by atoms with Crippen molar-refractivity contribution in [2.45, 2.75) is 0 Å². The molecule has 7 heteroatoms. The van der Waals surface area contributed by atoms with Crippen LogP contribution in [0.15, 0.2) is 11.4 Å². The lowest BCUT2D eigenvalue weighted by Crippen LogP contribution is -2.37. The fourth-order valence-electron chi connectivity index (χ4n) is 0.946. The van der Waals surface area contributed by atoms with E-state index in [-0.39, 0.29) is 5.91 Å². The SMILES string of the molecule is NC(=O)NCCNC(=O)c1sccc1N. The van der Waals surface area contributed by atoms with Crippen molar-refractivity contribution >= 4 is 29.0 Å². The maximum atomic E-state index is 11.4. The fourth-order valence-corrected chi connectivity index (χ4v) is 1.68. The van der Waals surface area contributed by atoms with Gasteiger partial charge in [-0.05, 0) is 11.4 Å². The van der Waals surface area contributed by atoms with Gasteiger partial charge in [-0.2, -0.15) is 0 Å². The number of anilines is 1. The van der Waals surface area contributed by atoms with E-state index in [2.05, 4.69) is 10.6 Å². The second-order valence-electron chi connectivity index (χ2n) is 2.75. The van der Waals surface area contributed by atoms with Crippen molar-refractivity contribution in [1.82, 2.24) is 10.6 Å². The van der Waals surface area contributed by atoms with Crippen LogP contribution in [0, 0.1) is 0 Å². The number of hydrogen-bond donors (Lipinski definition) is 4. The van der Waals surface area contributed by atoms with Crippen LogP contribution < -0.4 is 22.1 Å². The second kappa shape index (κ2) is 5.20. The van der Waals surface area contributed by atoms with Gasteiger partial charge in [-0.3, -0.25) is 4.79 Å². The highest BCUT2D eigenvalue weighted by Crippen LogP contribution is 2.17.